The Hall–Kier alpha value is -1.77. The van der Waals surface area contributed by atoms with Crippen molar-refractivity contribution < 1.29 is 4.74 Å². The number of benzene rings is 2. The van der Waals surface area contributed by atoms with Crippen LogP contribution in [0, 0.1) is 23.7 Å². The van der Waals surface area contributed by atoms with Gasteiger partial charge in [-0.3, -0.25) is 0 Å². The molecule has 0 atom stereocenters. The molecule has 4 aliphatic carbocycles. The van der Waals surface area contributed by atoms with Gasteiger partial charge < -0.3 is 9.64 Å². The molecule has 6 rings (SSSR count). The topological polar surface area (TPSA) is 12.5 Å². The molecule has 3 heteroatoms. The molecular formula is C33H44ClNO. The van der Waals surface area contributed by atoms with Crippen molar-refractivity contribution in [3.63, 3.8) is 0 Å². The van der Waals surface area contributed by atoms with Gasteiger partial charge in [-0.2, -0.15) is 0 Å². The third kappa shape index (κ3) is 6.03. The number of halogens is 1. The van der Waals surface area contributed by atoms with Crippen LogP contribution in [0.25, 0.3) is 5.57 Å². The molecule has 0 saturated heterocycles. The molecule has 4 bridgehead atoms. The highest BCUT2D eigenvalue weighted by atomic mass is 35.5. The van der Waals surface area contributed by atoms with Crippen LogP contribution in [0.1, 0.15) is 82.8 Å². The molecule has 4 aliphatic rings. The van der Waals surface area contributed by atoms with Gasteiger partial charge >= 0.3 is 0 Å². The van der Waals surface area contributed by atoms with E-state index in [0.29, 0.717) is 0 Å². The summed E-state index contributed by atoms with van der Waals surface area (Å²) in [5.74, 6) is 4.47. The molecule has 2 nitrogen and oxygen atoms in total. The minimum atomic E-state index is 0.768. The number of hydrogen-bond acceptors (Lipinski definition) is 2. The maximum Gasteiger partial charge on any atom is 0.119 e. The Kier molecular flexibility index (Phi) is 8.75. The molecule has 36 heavy (non-hydrogen) atoms. The van der Waals surface area contributed by atoms with E-state index in [1.54, 1.807) is 5.57 Å². The highest BCUT2D eigenvalue weighted by Crippen LogP contribution is 2.58. The van der Waals surface area contributed by atoms with Crippen molar-refractivity contribution in [2.24, 2.45) is 23.7 Å². The van der Waals surface area contributed by atoms with E-state index >= 15 is 0 Å². The zero-order valence-electron chi connectivity index (χ0n) is 22.4. The molecule has 0 radical (unpaired) electrons. The predicted molar refractivity (Wildman–Crippen MR) is 153 cm³/mol. The minimum Gasteiger partial charge on any atom is -0.494 e. The van der Waals surface area contributed by atoms with Crippen LogP contribution in [0.4, 0.5) is 0 Å². The monoisotopic (exact) mass is 505 g/mol. The van der Waals surface area contributed by atoms with Crippen molar-refractivity contribution in [3.8, 4) is 5.75 Å². The van der Waals surface area contributed by atoms with Gasteiger partial charge in [-0.05, 0) is 129 Å². The zero-order chi connectivity index (χ0) is 24.9. The van der Waals surface area contributed by atoms with Gasteiger partial charge in [0.1, 0.15) is 5.75 Å². The second kappa shape index (κ2) is 12.2. The van der Waals surface area contributed by atoms with E-state index in [0.717, 1.165) is 60.6 Å². The first-order valence-corrected chi connectivity index (χ1v) is 15.0. The predicted octanol–water partition coefficient (Wildman–Crippen LogP) is 8.88. The molecule has 2 aromatic rings. The van der Waals surface area contributed by atoms with Gasteiger partial charge in [0.2, 0.25) is 0 Å². The summed E-state index contributed by atoms with van der Waals surface area (Å²) in [6, 6.07) is 17.5. The fourth-order valence-electron chi connectivity index (χ4n) is 7.46. The maximum absolute atomic E-state index is 6.27. The standard InChI is InChI=1S/C33H44ClNO/c1-3-35(4-2)17-7-5-6-8-18-36-31-15-11-27(12-16-31)32(26-9-13-30(34)14-10-26)33-28-20-24-19-25(22-28)23-29(33)21-24/h9-16,24-25,28-29H,3-8,17-23H2,1-2H3. The van der Waals surface area contributed by atoms with Gasteiger partial charge in [0.15, 0.2) is 0 Å². The summed E-state index contributed by atoms with van der Waals surface area (Å²) in [7, 11) is 0. The highest BCUT2D eigenvalue weighted by molar-refractivity contribution is 6.30. The first-order chi connectivity index (χ1) is 17.6. The first kappa shape index (κ1) is 25.9. The summed E-state index contributed by atoms with van der Waals surface area (Å²) in [5.41, 5.74) is 5.87. The average molecular weight is 506 g/mol. The molecule has 0 aliphatic heterocycles. The minimum absolute atomic E-state index is 0.768. The van der Waals surface area contributed by atoms with Crippen molar-refractivity contribution in [2.75, 3.05) is 26.2 Å². The van der Waals surface area contributed by atoms with E-state index in [-0.39, 0.29) is 0 Å². The lowest BCUT2D eigenvalue weighted by atomic mass is 9.53. The molecule has 0 unspecified atom stereocenters. The largest absolute Gasteiger partial charge is 0.494 e. The Morgan fingerprint density at radius 1 is 0.750 bits per heavy atom. The quantitative estimate of drug-likeness (QED) is 0.267. The Labute approximate surface area is 224 Å². The van der Waals surface area contributed by atoms with Gasteiger partial charge in [-0.15, -0.1) is 0 Å². The molecule has 194 valence electrons. The maximum atomic E-state index is 6.27. The third-order valence-electron chi connectivity index (χ3n) is 9.11. The Morgan fingerprint density at radius 3 is 1.89 bits per heavy atom. The van der Waals surface area contributed by atoms with E-state index in [9.17, 15) is 0 Å². The van der Waals surface area contributed by atoms with Crippen molar-refractivity contribution in [1.29, 1.82) is 0 Å². The van der Waals surface area contributed by atoms with Crippen LogP contribution in [-0.4, -0.2) is 31.1 Å². The summed E-state index contributed by atoms with van der Waals surface area (Å²) in [4.78, 5) is 2.51. The highest BCUT2D eigenvalue weighted by Gasteiger charge is 2.46. The number of hydrogen-bond donors (Lipinski definition) is 0. The summed E-state index contributed by atoms with van der Waals surface area (Å²) >= 11 is 6.27. The van der Waals surface area contributed by atoms with E-state index in [2.05, 4.69) is 55.1 Å². The summed E-state index contributed by atoms with van der Waals surface area (Å²) in [6.07, 6.45) is 12.0. The second-order valence-electron chi connectivity index (χ2n) is 11.5. The average Bonchev–Trinajstić information content (AvgIpc) is 2.89. The number of nitrogens with zero attached hydrogens (tertiary/aromatic N) is 1. The molecule has 4 fully saturated rings. The molecular weight excluding hydrogens is 462 g/mol. The zero-order valence-corrected chi connectivity index (χ0v) is 23.1. The number of allylic oxidation sites excluding steroid dienone is 1. The number of ether oxygens (including phenoxy) is 1. The van der Waals surface area contributed by atoms with Gasteiger partial charge in [0.05, 0.1) is 6.61 Å². The molecule has 0 amide bonds. The molecule has 2 aromatic carbocycles. The van der Waals surface area contributed by atoms with Crippen LogP contribution in [-0.2, 0) is 0 Å². The SMILES string of the molecule is CCN(CC)CCCCCCOc1ccc(C(=C2C3CC4CC(C3)CC2C4)c2ccc(Cl)cc2)cc1. The molecule has 0 spiro atoms. The molecule has 0 heterocycles. The normalized spacial score (nSPS) is 24.5. The Bertz CT molecular complexity index is 975. The van der Waals surface area contributed by atoms with Crippen molar-refractivity contribution in [2.45, 2.75) is 71.6 Å². The van der Waals surface area contributed by atoms with Gasteiger partial charge in [-0.25, -0.2) is 0 Å². The lowest BCUT2D eigenvalue weighted by molar-refractivity contribution is 0.0705. The molecule has 0 aromatic heterocycles. The molecule has 0 N–H and O–H groups in total. The first-order valence-electron chi connectivity index (χ1n) is 14.6. The van der Waals surface area contributed by atoms with Crippen LogP contribution in [0.2, 0.25) is 5.02 Å². The van der Waals surface area contributed by atoms with E-state index < -0.39 is 0 Å². The fraction of sp³-hybridized carbons (Fsp3) is 0.576. The van der Waals surface area contributed by atoms with Crippen LogP contribution in [0.5, 0.6) is 5.75 Å². The van der Waals surface area contributed by atoms with Crippen LogP contribution >= 0.6 is 11.6 Å². The summed E-state index contributed by atoms with van der Waals surface area (Å²) in [6.45, 7) is 8.86. The van der Waals surface area contributed by atoms with E-state index in [1.165, 1.54) is 74.6 Å². The van der Waals surface area contributed by atoms with E-state index in [4.69, 9.17) is 16.3 Å². The van der Waals surface area contributed by atoms with Crippen LogP contribution in [0.15, 0.2) is 54.1 Å². The Morgan fingerprint density at radius 2 is 1.31 bits per heavy atom. The van der Waals surface area contributed by atoms with Crippen LogP contribution in [0.3, 0.4) is 0 Å². The lowest BCUT2D eigenvalue weighted by Crippen LogP contribution is -2.40. The number of rotatable bonds is 12. The summed E-state index contributed by atoms with van der Waals surface area (Å²) < 4.78 is 6.13. The Balaban J connectivity index is 1.24. The van der Waals surface area contributed by atoms with Gasteiger partial charge in [-0.1, -0.05) is 68.1 Å². The molecule has 4 saturated carbocycles. The number of unbranched alkanes of at least 4 members (excludes halogenated alkanes) is 3. The smallest absolute Gasteiger partial charge is 0.119 e. The van der Waals surface area contributed by atoms with Gasteiger partial charge in [0.25, 0.3) is 0 Å². The second-order valence-corrected chi connectivity index (χ2v) is 11.9. The van der Waals surface area contributed by atoms with Crippen molar-refractivity contribution in [3.05, 3.63) is 70.3 Å². The lowest BCUT2D eigenvalue weighted by Gasteiger charge is -2.52. The van der Waals surface area contributed by atoms with E-state index in [1.807, 2.05) is 12.1 Å². The fourth-order valence-corrected chi connectivity index (χ4v) is 7.58. The van der Waals surface area contributed by atoms with Gasteiger partial charge in [0, 0.05) is 5.02 Å². The van der Waals surface area contributed by atoms with Crippen molar-refractivity contribution in [1.82, 2.24) is 4.90 Å². The third-order valence-corrected chi connectivity index (χ3v) is 9.37. The summed E-state index contributed by atoms with van der Waals surface area (Å²) in [5, 5.41) is 0.810. The van der Waals surface area contributed by atoms with Crippen LogP contribution < -0.4 is 4.74 Å². The van der Waals surface area contributed by atoms with Crippen molar-refractivity contribution >= 4 is 17.2 Å².